The fraction of sp³-hybridized carbons (Fsp3) is 0.273. The van der Waals surface area contributed by atoms with Gasteiger partial charge in [-0.3, -0.25) is 0 Å². The minimum absolute atomic E-state index is 0.102. The van der Waals surface area contributed by atoms with Crippen LogP contribution in [0.3, 0.4) is 0 Å². The van der Waals surface area contributed by atoms with Crippen molar-refractivity contribution in [2.24, 2.45) is 0 Å². The van der Waals surface area contributed by atoms with E-state index in [4.69, 9.17) is 0 Å². The van der Waals surface area contributed by atoms with E-state index in [1.807, 2.05) is 6.07 Å². The molecule has 60 valence electrons. The number of halogens is 1. The van der Waals surface area contributed by atoms with E-state index in [-0.39, 0.29) is 5.82 Å². The smallest absolute Gasteiger partial charge is 0.123 e. The van der Waals surface area contributed by atoms with Crippen molar-refractivity contribution in [2.45, 2.75) is 18.3 Å². The van der Waals surface area contributed by atoms with Crippen LogP contribution in [0.5, 0.6) is 0 Å². The summed E-state index contributed by atoms with van der Waals surface area (Å²) in [6.07, 6.45) is 5.61. The quantitative estimate of drug-likeness (QED) is 0.512. The Morgan fingerprint density at radius 1 is 1.08 bits per heavy atom. The van der Waals surface area contributed by atoms with Gasteiger partial charge in [0.2, 0.25) is 0 Å². The average Bonchev–Trinajstić information content (AvgIpc) is 2.63. The molecule has 0 aromatic heterocycles. The van der Waals surface area contributed by atoms with E-state index >= 15 is 0 Å². The van der Waals surface area contributed by atoms with E-state index in [0.717, 1.165) is 0 Å². The molecule has 2 aliphatic carbocycles. The van der Waals surface area contributed by atoms with Crippen molar-refractivity contribution in [3.8, 4) is 0 Å². The first-order valence-electron chi connectivity index (χ1n) is 4.32. The summed E-state index contributed by atoms with van der Waals surface area (Å²) in [7, 11) is 0. The molecule has 0 nitrogen and oxygen atoms in total. The van der Waals surface area contributed by atoms with Gasteiger partial charge in [0, 0.05) is 11.8 Å². The first kappa shape index (κ1) is 6.41. The Bertz CT molecular complexity index is 365. The summed E-state index contributed by atoms with van der Waals surface area (Å²) in [4.78, 5) is 0. The average molecular weight is 160 g/mol. The third-order valence-electron chi connectivity index (χ3n) is 2.93. The van der Waals surface area contributed by atoms with Gasteiger partial charge in [-0.25, -0.2) is 4.39 Å². The van der Waals surface area contributed by atoms with Gasteiger partial charge < -0.3 is 0 Å². The number of allylic oxidation sites excluding steroid dienone is 2. The molecule has 2 aliphatic rings. The first-order valence-corrected chi connectivity index (χ1v) is 4.32. The highest BCUT2D eigenvalue weighted by Crippen LogP contribution is 2.48. The second-order valence-corrected chi connectivity index (χ2v) is 3.61. The lowest BCUT2D eigenvalue weighted by Gasteiger charge is -2.08. The van der Waals surface area contributed by atoms with Gasteiger partial charge >= 0.3 is 0 Å². The molecular weight excluding hydrogens is 151 g/mol. The van der Waals surface area contributed by atoms with Crippen molar-refractivity contribution in [3.63, 3.8) is 0 Å². The zero-order chi connectivity index (χ0) is 8.13. The van der Waals surface area contributed by atoms with Crippen molar-refractivity contribution in [3.05, 3.63) is 47.3 Å². The lowest BCUT2D eigenvalue weighted by molar-refractivity contribution is 0.625. The third kappa shape index (κ3) is 0.663. The molecule has 0 spiro atoms. The van der Waals surface area contributed by atoms with Crippen LogP contribution in [0.4, 0.5) is 4.39 Å². The molecule has 1 heteroatoms. The first-order chi connectivity index (χ1) is 5.84. The molecular formula is C11H9F. The summed E-state index contributed by atoms with van der Waals surface area (Å²) in [5.74, 6) is 0.973. The molecule has 2 bridgehead atoms. The number of hydrogen-bond donors (Lipinski definition) is 0. The molecule has 0 unspecified atom stereocenters. The van der Waals surface area contributed by atoms with E-state index in [1.54, 1.807) is 12.1 Å². The maximum absolute atomic E-state index is 12.9. The SMILES string of the molecule is Fc1ccc2c(c1)[C@H]1C=C[C@@H]2C1. The largest absolute Gasteiger partial charge is 0.207 e. The molecule has 0 N–H and O–H groups in total. The fourth-order valence-corrected chi connectivity index (χ4v) is 2.36. The molecule has 2 atom stereocenters. The maximum atomic E-state index is 12.9. The van der Waals surface area contributed by atoms with Gasteiger partial charge in [-0.2, -0.15) is 0 Å². The topological polar surface area (TPSA) is 0 Å². The Labute approximate surface area is 70.7 Å². The Hall–Kier alpha value is -1.11. The van der Waals surface area contributed by atoms with Crippen LogP contribution in [0.15, 0.2) is 30.4 Å². The molecule has 0 amide bonds. The molecule has 3 rings (SSSR count). The maximum Gasteiger partial charge on any atom is 0.123 e. The summed E-state index contributed by atoms with van der Waals surface area (Å²) < 4.78 is 12.9. The standard InChI is InChI=1S/C11H9F/c12-9-3-4-10-7-1-2-8(5-7)11(10)6-9/h1-4,6-8H,5H2/t7-,8+/m1/s1. The zero-order valence-corrected chi connectivity index (χ0v) is 6.63. The second kappa shape index (κ2) is 1.98. The number of benzene rings is 1. The number of rotatable bonds is 0. The molecule has 1 aromatic rings. The second-order valence-electron chi connectivity index (χ2n) is 3.61. The van der Waals surface area contributed by atoms with Gasteiger partial charge in [-0.15, -0.1) is 0 Å². The van der Waals surface area contributed by atoms with Crippen molar-refractivity contribution in [1.82, 2.24) is 0 Å². The van der Waals surface area contributed by atoms with E-state index < -0.39 is 0 Å². The van der Waals surface area contributed by atoms with Crippen molar-refractivity contribution in [1.29, 1.82) is 0 Å². The van der Waals surface area contributed by atoms with Gasteiger partial charge in [0.15, 0.2) is 0 Å². The summed E-state index contributed by atoms with van der Waals surface area (Å²) in [5.41, 5.74) is 2.55. The van der Waals surface area contributed by atoms with Crippen LogP contribution in [-0.4, -0.2) is 0 Å². The fourth-order valence-electron chi connectivity index (χ4n) is 2.36. The minimum Gasteiger partial charge on any atom is -0.207 e. The summed E-state index contributed by atoms with van der Waals surface area (Å²) in [6, 6.07) is 5.18. The lowest BCUT2D eigenvalue weighted by atomic mass is 9.97. The Kier molecular flexibility index (Phi) is 1.06. The highest BCUT2D eigenvalue weighted by atomic mass is 19.1. The molecule has 0 saturated heterocycles. The normalized spacial score (nSPS) is 29.4. The molecule has 12 heavy (non-hydrogen) atoms. The lowest BCUT2D eigenvalue weighted by Crippen LogP contribution is -1.92. The predicted octanol–water partition coefficient (Wildman–Crippen LogP) is 2.97. The van der Waals surface area contributed by atoms with Crippen LogP contribution in [0.2, 0.25) is 0 Å². The molecule has 0 fully saturated rings. The van der Waals surface area contributed by atoms with Crippen LogP contribution in [0.25, 0.3) is 0 Å². The molecule has 0 saturated carbocycles. The zero-order valence-electron chi connectivity index (χ0n) is 6.63. The highest BCUT2D eigenvalue weighted by Gasteiger charge is 2.32. The summed E-state index contributed by atoms with van der Waals surface area (Å²) >= 11 is 0. The number of hydrogen-bond acceptors (Lipinski definition) is 0. The van der Waals surface area contributed by atoms with E-state index in [9.17, 15) is 4.39 Å². The summed E-state index contributed by atoms with van der Waals surface area (Å²) in [5, 5.41) is 0. The number of fused-ring (bicyclic) bond motifs is 5. The molecule has 1 aromatic carbocycles. The minimum atomic E-state index is -0.102. The van der Waals surface area contributed by atoms with Gasteiger partial charge in [0.05, 0.1) is 0 Å². The Balaban J connectivity index is 2.24. The van der Waals surface area contributed by atoms with Crippen LogP contribution in [-0.2, 0) is 0 Å². The molecule has 0 aliphatic heterocycles. The van der Waals surface area contributed by atoms with Crippen molar-refractivity contribution < 1.29 is 4.39 Å². The predicted molar refractivity (Wildman–Crippen MR) is 45.6 cm³/mol. The monoisotopic (exact) mass is 160 g/mol. The van der Waals surface area contributed by atoms with Crippen LogP contribution >= 0.6 is 0 Å². The van der Waals surface area contributed by atoms with E-state index in [1.165, 1.54) is 17.5 Å². The van der Waals surface area contributed by atoms with Gasteiger partial charge in [0.1, 0.15) is 5.82 Å². The molecule has 0 heterocycles. The Morgan fingerprint density at radius 3 is 2.67 bits per heavy atom. The van der Waals surface area contributed by atoms with Crippen LogP contribution in [0.1, 0.15) is 29.4 Å². The summed E-state index contributed by atoms with van der Waals surface area (Å²) in [6.45, 7) is 0. The van der Waals surface area contributed by atoms with Crippen molar-refractivity contribution >= 4 is 0 Å². The van der Waals surface area contributed by atoms with Gasteiger partial charge in [-0.05, 0) is 29.7 Å². The van der Waals surface area contributed by atoms with Crippen LogP contribution < -0.4 is 0 Å². The van der Waals surface area contributed by atoms with Crippen molar-refractivity contribution in [2.75, 3.05) is 0 Å². The van der Waals surface area contributed by atoms with E-state index in [0.29, 0.717) is 11.8 Å². The van der Waals surface area contributed by atoms with Gasteiger partial charge in [0.25, 0.3) is 0 Å². The Morgan fingerprint density at radius 2 is 1.83 bits per heavy atom. The molecule has 0 radical (unpaired) electrons. The highest BCUT2D eigenvalue weighted by molar-refractivity contribution is 5.47. The van der Waals surface area contributed by atoms with E-state index in [2.05, 4.69) is 12.2 Å². The van der Waals surface area contributed by atoms with Gasteiger partial charge in [-0.1, -0.05) is 18.2 Å². The van der Waals surface area contributed by atoms with Crippen LogP contribution in [0, 0.1) is 5.82 Å². The third-order valence-corrected chi connectivity index (χ3v) is 2.93.